The molecule has 0 amide bonds. The van der Waals surface area contributed by atoms with Gasteiger partial charge in [0.2, 0.25) is 16.0 Å². The van der Waals surface area contributed by atoms with Crippen LogP contribution in [0.4, 0.5) is 11.8 Å². The Bertz CT molecular complexity index is 1160. The van der Waals surface area contributed by atoms with Crippen molar-refractivity contribution in [2.45, 2.75) is 50.2 Å². The van der Waals surface area contributed by atoms with Gasteiger partial charge in [-0.2, -0.15) is 0 Å². The highest BCUT2D eigenvalue weighted by atomic mass is 32.2. The summed E-state index contributed by atoms with van der Waals surface area (Å²) < 4.78 is 26.9. The lowest BCUT2D eigenvalue weighted by Gasteiger charge is -2.48. The van der Waals surface area contributed by atoms with E-state index in [1.807, 2.05) is 6.92 Å². The Hall–Kier alpha value is -2.04. The zero-order valence-electron chi connectivity index (χ0n) is 18.5. The SMILES string of the molecule is Cc1cc2c(C3CCN(S(=O)(=O)C4CC4)CC3)nc(N)nc2c(N2CC3(CCNC3)C2)n1. The second kappa shape index (κ2) is 7.23. The molecule has 1 spiro atoms. The molecule has 0 aromatic carbocycles. The summed E-state index contributed by atoms with van der Waals surface area (Å²) in [5.41, 5.74) is 9.25. The van der Waals surface area contributed by atoms with Gasteiger partial charge in [-0.3, -0.25) is 0 Å². The molecule has 2 aromatic rings. The zero-order valence-corrected chi connectivity index (χ0v) is 19.4. The maximum atomic E-state index is 12.6. The van der Waals surface area contributed by atoms with Crippen molar-refractivity contribution in [3.05, 3.63) is 17.5 Å². The highest BCUT2D eigenvalue weighted by Gasteiger charge is 2.46. The molecule has 0 unspecified atom stereocenters. The van der Waals surface area contributed by atoms with Gasteiger partial charge in [-0.15, -0.1) is 0 Å². The number of piperidine rings is 1. The number of nitrogens with one attached hydrogen (secondary N) is 1. The number of nitrogens with two attached hydrogens (primary N) is 1. The van der Waals surface area contributed by atoms with Crippen LogP contribution in [0.5, 0.6) is 0 Å². The van der Waals surface area contributed by atoms with Gasteiger partial charge in [0.1, 0.15) is 5.52 Å². The molecular weight excluding hydrogens is 426 g/mol. The number of pyridine rings is 1. The predicted octanol–water partition coefficient (Wildman–Crippen LogP) is 1.39. The Morgan fingerprint density at radius 1 is 1.12 bits per heavy atom. The molecule has 4 aliphatic rings. The first-order valence-corrected chi connectivity index (χ1v) is 13.2. The number of rotatable bonds is 4. The molecule has 3 saturated heterocycles. The first-order valence-electron chi connectivity index (χ1n) is 11.7. The van der Waals surface area contributed by atoms with Gasteiger partial charge in [0.15, 0.2) is 5.82 Å². The van der Waals surface area contributed by atoms with Crippen LogP contribution in [0.2, 0.25) is 0 Å². The summed E-state index contributed by atoms with van der Waals surface area (Å²) in [5.74, 6) is 1.34. The van der Waals surface area contributed by atoms with Crippen molar-refractivity contribution in [1.82, 2.24) is 24.6 Å². The minimum atomic E-state index is -3.12. The van der Waals surface area contributed by atoms with Crippen LogP contribution >= 0.6 is 0 Å². The minimum Gasteiger partial charge on any atom is -0.368 e. The lowest BCUT2D eigenvalue weighted by atomic mass is 9.79. The fourth-order valence-corrected chi connectivity index (χ4v) is 7.62. The average molecular weight is 458 g/mol. The molecular formula is C22H31N7O2S. The third-order valence-electron chi connectivity index (χ3n) is 7.67. The number of sulfonamides is 1. The van der Waals surface area contributed by atoms with Crippen LogP contribution in [0.3, 0.4) is 0 Å². The summed E-state index contributed by atoms with van der Waals surface area (Å²) in [5, 5.41) is 4.34. The molecule has 6 rings (SSSR count). The van der Waals surface area contributed by atoms with Crippen LogP contribution in [-0.2, 0) is 10.0 Å². The van der Waals surface area contributed by atoms with E-state index in [0.717, 1.165) is 80.0 Å². The normalized spacial score (nSPS) is 24.3. The maximum Gasteiger partial charge on any atom is 0.220 e. The zero-order chi connectivity index (χ0) is 22.1. The summed E-state index contributed by atoms with van der Waals surface area (Å²) in [6.07, 6.45) is 4.33. The van der Waals surface area contributed by atoms with Gasteiger partial charge in [-0.25, -0.2) is 27.7 Å². The molecule has 5 heterocycles. The van der Waals surface area contributed by atoms with Crippen LogP contribution in [-0.4, -0.2) is 72.2 Å². The number of hydrogen-bond donors (Lipinski definition) is 2. The predicted molar refractivity (Wildman–Crippen MR) is 124 cm³/mol. The van der Waals surface area contributed by atoms with Crippen LogP contribution in [0.1, 0.15) is 49.4 Å². The highest BCUT2D eigenvalue weighted by Crippen LogP contribution is 2.42. The molecule has 10 heteroatoms. The third-order valence-corrected chi connectivity index (χ3v) is 10.1. The lowest BCUT2D eigenvalue weighted by Crippen LogP contribution is -2.58. The monoisotopic (exact) mass is 457 g/mol. The topological polar surface area (TPSA) is 117 Å². The molecule has 1 aliphatic carbocycles. The van der Waals surface area contributed by atoms with Gasteiger partial charge in [-0.1, -0.05) is 0 Å². The van der Waals surface area contributed by atoms with E-state index >= 15 is 0 Å². The van der Waals surface area contributed by atoms with Gasteiger partial charge in [0, 0.05) is 55.1 Å². The van der Waals surface area contributed by atoms with E-state index in [1.165, 1.54) is 6.42 Å². The van der Waals surface area contributed by atoms with Gasteiger partial charge in [0.05, 0.1) is 10.9 Å². The Morgan fingerprint density at radius 3 is 2.53 bits per heavy atom. The van der Waals surface area contributed by atoms with Gasteiger partial charge in [-0.05, 0) is 51.6 Å². The van der Waals surface area contributed by atoms with Crippen molar-refractivity contribution in [1.29, 1.82) is 0 Å². The van der Waals surface area contributed by atoms with Gasteiger partial charge >= 0.3 is 0 Å². The molecule has 0 radical (unpaired) electrons. The molecule has 0 atom stereocenters. The Balaban J connectivity index is 1.30. The largest absolute Gasteiger partial charge is 0.368 e. The molecule has 2 aromatic heterocycles. The summed E-state index contributed by atoms with van der Waals surface area (Å²) >= 11 is 0. The van der Waals surface area contributed by atoms with Crippen molar-refractivity contribution >= 4 is 32.7 Å². The highest BCUT2D eigenvalue weighted by molar-refractivity contribution is 7.90. The van der Waals surface area contributed by atoms with Crippen LogP contribution in [0, 0.1) is 12.3 Å². The Labute approximate surface area is 188 Å². The fraction of sp³-hybridized carbons (Fsp3) is 0.682. The molecule has 32 heavy (non-hydrogen) atoms. The molecule has 3 N–H and O–H groups in total. The fourth-order valence-electron chi connectivity index (χ4n) is 5.75. The average Bonchev–Trinajstić information content (AvgIpc) is 3.50. The molecule has 4 fully saturated rings. The molecule has 1 saturated carbocycles. The van der Waals surface area contributed by atoms with E-state index in [9.17, 15) is 8.42 Å². The molecule has 172 valence electrons. The van der Waals surface area contributed by atoms with Crippen molar-refractivity contribution < 1.29 is 8.42 Å². The van der Waals surface area contributed by atoms with E-state index in [2.05, 4.69) is 26.3 Å². The number of hydrogen-bond acceptors (Lipinski definition) is 8. The number of aromatic nitrogens is 3. The Morgan fingerprint density at radius 2 is 1.88 bits per heavy atom. The van der Waals surface area contributed by atoms with E-state index in [0.29, 0.717) is 18.5 Å². The quantitative estimate of drug-likeness (QED) is 0.707. The van der Waals surface area contributed by atoms with Crippen molar-refractivity contribution in [3.8, 4) is 0 Å². The van der Waals surface area contributed by atoms with Crippen molar-refractivity contribution in [2.75, 3.05) is 49.9 Å². The summed E-state index contributed by atoms with van der Waals surface area (Å²) in [4.78, 5) is 16.4. The smallest absolute Gasteiger partial charge is 0.220 e. The number of anilines is 2. The first kappa shape index (κ1) is 20.6. The standard InChI is InChI=1S/C22H31N7O2S/c1-14-10-17-18(15-4-8-29(9-5-15)32(30,31)16-2-3-16)26-21(23)27-19(17)20(25-14)28-12-22(13-28)6-7-24-11-22/h10,15-16,24H,2-9,11-13H2,1H3,(H2,23,26,27). The number of aryl methyl sites for hydroxylation is 1. The summed E-state index contributed by atoms with van der Waals surface area (Å²) in [6, 6.07) is 2.06. The third kappa shape index (κ3) is 3.34. The molecule has 3 aliphatic heterocycles. The molecule has 0 bridgehead atoms. The van der Waals surface area contributed by atoms with Gasteiger partial charge in [0.25, 0.3) is 0 Å². The van der Waals surface area contributed by atoms with E-state index in [4.69, 9.17) is 10.7 Å². The number of nitrogens with zero attached hydrogens (tertiary/aromatic N) is 5. The lowest BCUT2D eigenvalue weighted by molar-refractivity contribution is 0.242. The second-order valence-electron chi connectivity index (χ2n) is 10.2. The summed E-state index contributed by atoms with van der Waals surface area (Å²) in [7, 11) is -3.12. The number of fused-ring (bicyclic) bond motifs is 1. The number of nitrogen functional groups attached to an aromatic ring is 1. The minimum absolute atomic E-state index is 0.152. The van der Waals surface area contributed by atoms with Crippen LogP contribution < -0.4 is 16.0 Å². The Kier molecular flexibility index (Phi) is 4.64. The maximum absolute atomic E-state index is 12.6. The van der Waals surface area contributed by atoms with E-state index in [1.54, 1.807) is 4.31 Å². The van der Waals surface area contributed by atoms with Crippen molar-refractivity contribution in [2.24, 2.45) is 5.41 Å². The second-order valence-corrected chi connectivity index (χ2v) is 12.4. The van der Waals surface area contributed by atoms with Crippen molar-refractivity contribution in [3.63, 3.8) is 0 Å². The first-order chi connectivity index (χ1) is 15.3. The van der Waals surface area contributed by atoms with Crippen LogP contribution in [0.25, 0.3) is 10.9 Å². The van der Waals surface area contributed by atoms with Gasteiger partial charge < -0.3 is 16.0 Å². The molecule has 9 nitrogen and oxygen atoms in total. The van der Waals surface area contributed by atoms with Crippen LogP contribution in [0.15, 0.2) is 6.07 Å². The van der Waals surface area contributed by atoms with E-state index in [-0.39, 0.29) is 17.1 Å². The summed E-state index contributed by atoms with van der Waals surface area (Å²) in [6.45, 7) is 7.24. The van der Waals surface area contributed by atoms with E-state index < -0.39 is 10.0 Å².